The molecule has 80 valence electrons. The van der Waals surface area contributed by atoms with E-state index in [4.69, 9.17) is 11.6 Å². The first-order valence-electron chi connectivity index (χ1n) is 4.30. The molecule has 0 radical (unpaired) electrons. The summed E-state index contributed by atoms with van der Waals surface area (Å²) in [5.41, 5.74) is 1.75. The molecule has 0 aliphatic carbocycles. The Labute approximate surface area is 95.8 Å². The number of carbonyl (C=O) groups excluding carboxylic acids is 1. The van der Waals surface area contributed by atoms with Gasteiger partial charge in [-0.1, -0.05) is 17.5 Å². The molecule has 2 aromatic heterocycles. The van der Waals surface area contributed by atoms with Crippen molar-refractivity contribution in [3.63, 3.8) is 0 Å². The number of fused-ring (bicyclic) bond motifs is 1. The van der Waals surface area contributed by atoms with E-state index < -0.39 is 5.97 Å². The van der Waals surface area contributed by atoms with Crippen LogP contribution in [0.3, 0.4) is 0 Å². The maximum atomic E-state index is 10.8. The highest BCUT2D eigenvalue weighted by atomic mass is 35.5. The lowest BCUT2D eigenvalue weighted by atomic mass is 10.3. The number of esters is 1. The molecule has 1 N–H and O–H groups in total. The summed E-state index contributed by atoms with van der Waals surface area (Å²) in [6.07, 6.45) is 2.95. The quantitative estimate of drug-likeness (QED) is 0.422. The van der Waals surface area contributed by atoms with Crippen molar-refractivity contribution >= 4 is 28.6 Å². The molecular weight excluding hydrogens is 230 g/mol. The third-order valence-electron chi connectivity index (χ3n) is 1.90. The number of hydrogen-bond acceptors (Lipinski definition) is 4. The molecule has 0 atom stereocenters. The second-order valence-corrected chi connectivity index (χ2v) is 3.19. The van der Waals surface area contributed by atoms with Gasteiger partial charge in [-0.25, -0.2) is 14.8 Å². The lowest BCUT2D eigenvalue weighted by Gasteiger charge is -1.90. The molecule has 2 aromatic rings. The Kier molecular flexibility index (Phi) is 2.75. The Morgan fingerprint density at radius 1 is 1.56 bits per heavy atom. The molecule has 0 aliphatic heterocycles. The average Bonchev–Trinajstić information content (AvgIpc) is 2.70. The van der Waals surface area contributed by atoms with Crippen LogP contribution in [0.1, 0.15) is 5.56 Å². The number of aromatic nitrogens is 3. The number of hydrogen-bond donors (Lipinski definition) is 1. The molecule has 0 aliphatic rings. The molecule has 0 aromatic carbocycles. The van der Waals surface area contributed by atoms with Crippen LogP contribution in [0.2, 0.25) is 5.15 Å². The normalized spacial score (nSPS) is 9.62. The lowest BCUT2D eigenvalue weighted by Crippen LogP contribution is -1.94. The molecule has 0 saturated carbocycles. The topological polar surface area (TPSA) is 67.9 Å². The van der Waals surface area contributed by atoms with Crippen LogP contribution in [-0.4, -0.2) is 28.0 Å². The molecule has 0 fully saturated rings. The Morgan fingerprint density at radius 3 is 3.12 bits per heavy atom. The number of nitrogens with one attached hydrogen (secondary N) is 1. The molecule has 0 unspecified atom stereocenters. The van der Waals surface area contributed by atoms with Gasteiger partial charge in [-0.3, -0.25) is 0 Å². The zero-order valence-corrected chi connectivity index (χ0v) is 9.00. The highest BCUT2D eigenvalue weighted by Gasteiger charge is 2.06. The van der Waals surface area contributed by atoms with Crippen LogP contribution in [0.4, 0.5) is 0 Å². The molecule has 5 nitrogen and oxygen atoms in total. The van der Waals surface area contributed by atoms with E-state index in [2.05, 4.69) is 31.5 Å². The van der Waals surface area contributed by atoms with Gasteiger partial charge in [0.2, 0.25) is 0 Å². The second kappa shape index (κ2) is 4.21. The predicted molar refractivity (Wildman–Crippen MR) is 57.8 cm³/mol. The van der Waals surface area contributed by atoms with Gasteiger partial charge in [0, 0.05) is 12.1 Å². The average molecular weight is 236 g/mol. The summed E-state index contributed by atoms with van der Waals surface area (Å²) in [7, 11) is 1.27. The number of aromatic amines is 1. The minimum Gasteiger partial charge on any atom is -0.459 e. The van der Waals surface area contributed by atoms with E-state index in [0.29, 0.717) is 21.7 Å². The van der Waals surface area contributed by atoms with Gasteiger partial charge < -0.3 is 9.72 Å². The number of H-pyrrole nitrogens is 1. The summed E-state index contributed by atoms with van der Waals surface area (Å²) in [6, 6.07) is 0. The second-order valence-electron chi connectivity index (χ2n) is 2.83. The molecule has 2 heterocycles. The third-order valence-corrected chi connectivity index (χ3v) is 2.19. The molecule has 0 spiro atoms. The van der Waals surface area contributed by atoms with Gasteiger partial charge >= 0.3 is 5.97 Å². The minimum atomic E-state index is -0.602. The standard InChI is InChI=1S/C10H6ClN3O2/c1-16-7(15)3-2-6-4-12-9-8(6)13-5-14-10(9)11/h4-5,12H,1H3. The smallest absolute Gasteiger partial charge is 0.384 e. The van der Waals surface area contributed by atoms with Crippen LogP contribution >= 0.6 is 11.6 Å². The van der Waals surface area contributed by atoms with E-state index in [1.807, 2.05) is 0 Å². The summed E-state index contributed by atoms with van der Waals surface area (Å²) < 4.78 is 4.40. The van der Waals surface area contributed by atoms with E-state index in [-0.39, 0.29) is 0 Å². The summed E-state index contributed by atoms with van der Waals surface area (Å²) in [4.78, 5) is 21.6. The van der Waals surface area contributed by atoms with E-state index >= 15 is 0 Å². The largest absolute Gasteiger partial charge is 0.459 e. The summed E-state index contributed by atoms with van der Waals surface area (Å²) in [6.45, 7) is 0. The van der Waals surface area contributed by atoms with Gasteiger partial charge in [-0.2, -0.15) is 0 Å². The van der Waals surface area contributed by atoms with Crippen molar-refractivity contribution in [3.8, 4) is 11.8 Å². The van der Waals surface area contributed by atoms with Crippen molar-refractivity contribution in [1.82, 2.24) is 15.0 Å². The molecule has 6 heteroatoms. The van der Waals surface area contributed by atoms with Crippen molar-refractivity contribution in [2.24, 2.45) is 0 Å². The number of rotatable bonds is 0. The number of carbonyl (C=O) groups is 1. The molecule has 0 saturated heterocycles. The summed E-state index contributed by atoms with van der Waals surface area (Å²) in [5.74, 6) is 4.35. The van der Waals surface area contributed by atoms with Gasteiger partial charge in [0.05, 0.1) is 12.7 Å². The fraction of sp³-hybridized carbons (Fsp3) is 0.100. The van der Waals surface area contributed by atoms with Crippen LogP contribution in [0.15, 0.2) is 12.5 Å². The Morgan fingerprint density at radius 2 is 2.38 bits per heavy atom. The van der Waals surface area contributed by atoms with Crippen molar-refractivity contribution in [2.75, 3.05) is 7.11 Å². The monoisotopic (exact) mass is 235 g/mol. The Hall–Kier alpha value is -2.06. The molecule has 0 bridgehead atoms. The first-order chi connectivity index (χ1) is 7.72. The first-order valence-corrected chi connectivity index (χ1v) is 4.67. The number of ether oxygens (including phenoxy) is 1. The van der Waals surface area contributed by atoms with Crippen molar-refractivity contribution < 1.29 is 9.53 Å². The fourth-order valence-corrected chi connectivity index (χ4v) is 1.36. The molecule has 2 rings (SSSR count). The van der Waals surface area contributed by atoms with Gasteiger partial charge in [0.1, 0.15) is 17.4 Å². The number of nitrogens with zero attached hydrogens (tertiary/aromatic N) is 2. The van der Waals surface area contributed by atoms with Gasteiger partial charge in [0.25, 0.3) is 0 Å². The lowest BCUT2D eigenvalue weighted by molar-refractivity contribution is -0.133. The number of halogens is 1. The van der Waals surface area contributed by atoms with Crippen LogP contribution in [0.25, 0.3) is 11.0 Å². The van der Waals surface area contributed by atoms with Crippen LogP contribution in [0.5, 0.6) is 0 Å². The SMILES string of the molecule is COC(=O)C#Cc1c[nH]c2c(Cl)ncnc12. The minimum absolute atomic E-state index is 0.316. The van der Waals surface area contributed by atoms with E-state index in [1.54, 1.807) is 6.20 Å². The van der Waals surface area contributed by atoms with Gasteiger partial charge in [-0.05, 0) is 0 Å². The van der Waals surface area contributed by atoms with Crippen molar-refractivity contribution in [1.29, 1.82) is 0 Å². The van der Waals surface area contributed by atoms with Crippen molar-refractivity contribution in [2.45, 2.75) is 0 Å². The highest BCUT2D eigenvalue weighted by Crippen LogP contribution is 2.19. The van der Waals surface area contributed by atoms with E-state index in [0.717, 1.165) is 0 Å². The zero-order chi connectivity index (χ0) is 11.5. The van der Waals surface area contributed by atoms with E-state index in [9.17, 15) is 4.79 Å². The van der Waals surface area contributed by atoms with Crippen LogP contribution in [-0.2, 0) is 9.53 Å². The molecule has 0 amide bonds. The Bertz CT molecular complexity index is 609. The summed E-state index contributed by atoms with van der Waals surface area (Å²) in [5, 5.41) is 0.316. The van der Waals surface area contributed by atoms with Crippen molar-refractivity contribution in [3.05, 3.63) is 23.2 Å². The van der Waals surface area contributed by atoms with Gasteiger partial charge in [-0.15, -0.1) is 0 Å². The maximum Gasteiger partial charge on any atom is 0.384 e. The first kappa shape index (κ1) is 10.5. The maximum absolute atomic E-state index is 10.8. The van der Waals surface area contributed by atoms with E-state index in [1.165, 1.54) is 13.4 Å². The third kappa shape index (κ3) is 1.83. The van der Waals surface area contributed by atoms with Gasteiger partial charge in [0.15, 0.2) is 5.15 Å². The number of methoxy groups -OCH3 is 1. The molecule has 16 heavy (non-hydrogen) atoms. The fourth-order valence-electron chi connectivity index (χ4n) is 1.17. The highest BCUT2D eigenvalue weighted by molar-refractivity contribution is 6.33. The summed E-state index contributed by atoms with van der Waals surface area (Å²) >= 11 is 5.84. The molecular formula is C10H6ClN3O2. The zero-order valence-electron chi connectivity index (χ0n) is 8.24. The Balaban J connectivity index is 2.50. The van der Waals surface area contributed by atoms with Crippen LogP contribution < -0.4 is 0 Å². The predicted octanol–water partition coefficient (Wildman–Crippen LogP) is 1.14. The van der Waals surface area contributed by atoms with Crippen LogP contribution in [0, 0.1) is 11.8 Å².